The lowest BCUT2D eigenvalue weighted by molar-refractivity contribution is -0.144. The third-order valence-corrected chi connectivity index (χ3v) is 3.74. The molecule has 0 spiro atoms. The van der Waals surface area contributed by atoms with Crippen LogP contribution in [0.5, 0.6) is 0 Å². The fourth-order valence-corrected chi connectivity index (χ4v) is 2.82. The molecule has 2 rings (SSSR count). The summed E-state index contributed by atoms with van der Waals surface area (Å²) < 4.78 is 5.01. The van der Waals surface area contributed by atoms with E-state index in [0.29, 0.717) is 25.4 Å². The lowest BCUT2D eigenvalue weighted by Gasteiger charge is -2.24. The van der Waals surface area contributed by atoms with Gasteiger partial charge in [0.15, 0.2) is 0 Å². The highest BCUT2D eigenvalue weighted by Gasteiger charge is 2.21. The van der Waals surface area contributed by atoms with Crippen molar-refractivity contribution in [3.8, 4) is 0 Å². The van der Waals surface area contributed by atoms with E-state index in [1.807, 2.05) is 13.0 Å². The monoisotopic (exact) mass is 275 g/mol. The number of fused-ring (bicyclic) bond motifs is 1. The molecule has 20 heavy (non-hydrogen) atoms. The van der Waals surface area contributed by atoms with Crippen molar-refractivity contribution in [3.63, 3.8) is 0 Å². The van der Waals surface area contributed by atoms with Crippen molar-refractivity contribution in [3.05, 3.63) is 34.9 Å². The maximum atomic E-state index is 11.5. The van der Waals surface area contributed by atoms with E-state index in [1.54, 1.807) is 0 Å². The number of primary amides is 1. The Morgan fingerprint density at radius 2 is 2.15 bits per heavy atom. The average molecular weight is 275 g/mol. The first-order valence-corrected chi connectivity index (χ1v) is 7.13. The summed E-state index contributed by atoms with van der Waals surface area (Å²) in [6.07, 6.45) is 3.64. The van der Waals surface area contributed by atoms with Crippen LogP contribution in [0.4, 0.5) is 0 Å². The smallest absolute Gasteiger partial charge is 0.306 e. The Labute approximate surface area is 119 Å². The number of carbonyl (C=O) groups is 2. The molecule has 0 aliphatic heterocycles. The lowest BCUT2D eigenvalue weighted by atomic mass is 9.81. The summed E-state index contributed by atoms with van der Waals surface area (Å²) in [5.41, 5.74) is 8.75. The number of nitrogens with two attached hydrogens (primary N) is 1. The Kier molecular flexibility index (Phi) is 4.77. The number of esters is 1. The first-order valence-electron chi connectivity index (χ1n) is 7.13. The second-order valence-electron chi connectivity index (χ2n) is 5.36. The Bertz CT molecular complexity index is 510. The highest BCUT2D eigenvalue weighted by atomic mass is 16.5. The van der Waals surface area contributed by atoms with E-state index in [-0.39, 0.29) is 11.9 Å². The van der Waals surface area contributed by atoms with Gasteiger partial charge >= 0.3 is 5.97 Å². The van der Waals surface area contributed by atoms with Crippen LogP contribution in [0.15, 0.2) is 18.2 Å². The highest BCUT2D eigenvalue weighted by molar-refractivity contribution is 5.76. The van der Waals surface area contributed by atoms with Gasteiger partial charge in [0, 0.05) is 6.42 Å². The predicted molar refractivity (Wildman–Crippen MR) is 76.1 cm³/mol. The number of amides is 1. The normalized spacial score (nSPS) is 17.4. The van der Waals surface area contributed by atoms with Gasteiger partial charge in [0.2, 0.25) is 5.91 Å². The molecule has 0 fully saturated rings. The van der Waals surface area contributed by atoms with Crippen molar-refractivity contribution >= 4 is 11.9 Å². The highest BCUT2D eigenvalue weighted by Crippen LogP contribution is 2.28. The van der Waals surface area contributed by atoms with Crippen LogP contribution >= 0.6 is 0 Å². The van der Waals surface area contributed by atoms with Crippen LogP contribution < -0.4 is 5.73 Å². The minimum atomic E-state index is -0.305. The molecule has 108 valence electrons. The molecular formula is C16H21NO3. The molecule has 1 aromatic carbocycles. The van der Waals surface area contributed by atoms with Crippen molar-refractivity contribution in [2.24, 2.45) is 11.7 Å². The Balaban J connectivity index is 2.00. The van der Waals surface area contributed by atoms with E-state index in [4.69, 9.17) is 10.5 Å². The summed E-state index contributed by atoms with van der Waals surface area (Å²) in [4.78, 5) is 22.5. The molecule has 0 bridgehead atoms. The first kappa shape index (κ1) is 14.6. The number of rotatable bonds is 5. The summed E-state index contributed by atoms with van der Waals surface area (Å²) in [6, 6.07) is 6.09. The summed E-state index contributed by atoms with van der Waals surface area (Å²) in [5.74, 6) is -0.0456. The van der Waals surface area contributed by atoms with E-state index in [1.165, 1.54) is 11.1 Å². The van der Waals surface area contributed by atoms with Gasteiger partial charge in [-0.3, -0.25) is 9.59 Å². The third-order valence-electron chi connectivity index (χ3n) is 3.74. The molecule has 1 aliphatic carbocycles. The quantitative estimate of drug-likeness (QED) is 0.833. The maximum absolute atomic E-state index is 11.5. The fraction of sp³-hybridized carbons (Fsp3) is 0.500. The molecular weight excluding hydrogens is 254 g/mol. The van der Waals surface area contributed by atoms with Gasteiger partial charge in [0.1, 0.15) is 0 Å². The van der Waals surface area contributed by atoms with Crippen LogP contribution in [0.25, 0.3) is 0 Å². The van der Waals surface area contributed by atoms with E-state index < -0.39 is 0 Å². The predicted octanol–water partition coefficient (Wildman–Crippen LogP) is 1.77. The molecule has 0 aromatic heterocycles. The molecule has 1 aromatic rings. The molecule has 1 unspecified atom stereocenters. The van der Waals surface area contributed by atoms with E-state index in [2.05, 4.69) is 12.1 Å². The Morgan fingerprint density at radius 1 is 1.35 bits per heavy atom. The Hall–Kier alpha value is -1.84. The van der Waals surface area contributed by atoms with Crippen molar-refractivity contribution in [1.29, 1.82) is 0 Å². The molecule has 0 saturated heterocycles. The molecule has 0 heterocycles. The van der Waals surface area contributed by atoms with Crippen molar-refractivity contribution in [2.75, 3.05) is 6.61 Å². The molecule has 2 N–H and O–H groups in total. The zero-order valence-corrected chi connectivity index (χ0v) is 11.9. The largest absolute Gasteiger partial charge is 0.466 e. The molecule has 1 aliphatic rings. The van der Waals surface area contributed by atoms with Crippen LogP contribution in [0, 0.1) is 5.92 Å². The minimum Gasteiger partial charge on any atom is -0.466 e. The lowest BCUT2D eigenvalue weighted by Crippen LogP contribution is -2.19. The topological polar surface area (TPSA) is 69.4 Å². The van der Waals surface area contributed by atoms with Gasteiger partial charge in [0.25, 0.3) is 0 Å². The fourth-order valence-electron chi connectivity index (χ4n) is 2.82. The summed E-state index contributed by atoms with van der Waals surface area (Å²) in [7, 11) is 0. The van der Waals surface area contributed by atoms with Gasteiger partial charge in [-0.15, -0.1) is 0 Å². The summed E-state index contributed by atoms with van der Waals surface area (Å²) >= 11 is 0. The van der Waals surface area contributed by atoms with Gasteiger partial charge in [-0.05, 0) is 48.8 Å². The molecule has 1 atom stereocenters. The number of aryl methyl sites for hydroxylation is 1. The second kappa shape index (κ2) is 6.55. The van der Waals surface area contributed by atoms with E-state index in [9.17, 15) is 9.59 Å². The van der Waals surface area contributed by atoms with Gasteiger partial charge in [-0.1, -0.05) is 18.2 Å². The van der Waals surface area contributed by atoms with Gasteiger partial charge in [-0.25, -0.2) is 0 Å². The number of ether oxygens (including phenoxy) is 1. The molecule has 4 nitrogen and oxygen atoms in total. The molecule has 0 saturated carbocycles. The van der Waals surface area contributed by atoms with Gasteiger partial charge < -0.3 is 10.5 Å². The number of hydrogen-bond donors (Lipinski definition) is 1. The van der Waals surface area contributed by atoms with Crippen LogP contribution in [0.1, 0.15) is 36.5 Å². The number of carbonyl (C=O) groups excluding carboxylic acids is 2. The zero-order chi connectivity index (χ0) is 14.5. The second-order valence-corrected chi connectivity index (χ2v) is 5.36. The maximum Gasteiger partial charge on any atom is 0.306 e. The van der Waals surface area contributed by atoms with Crippen LogP contribution in [-0.2, 0) is 33.6 Å². The standard InChI is InChI=1S/C16H21NO3/c1-2-20-16(19)10-12-4-6-13-7-11(9-15(17)18)3-5-14(13)8-12/h3,5,7,12H,2,4,6,8-10H2,1H3,(H2,17,18). The zero-order valence-electron chi connectivity index (χ0n) is 11.9. The average Bonchev–Trinajstić information content (AvgIpc) is 2.38. The first-order chi connectivity index (χ1) is 9.58. The van der Waals surface area contributed by atoms with E-state index >= 15 is 0 Å². The summed E-state index contributed by atoms with van der Waals surface area (Å²) in [6.45, 7) is 2.27. The number of benzene rings is 1. The van der Waals surface area contributed by atoms with Crippen LogP contribution in [0.3, 0.4) is 0 Å². The Morgan fingerprint density at radius 3 is 2.85 bits per heavy atom. The van der Waals surface area contributed by atoms with E-state index in [0.717, 1.165) is 24.8 Å². The number of hydrogen-bond acceptors (Lipinski definition) is 3. The SMILES string of the molecule is CCOC(=O)CC1CCc2cc(CC(N)=O)ccc2C1. The molecule has 0 radical (unpaired) electrons. The van der Waals surface area contributed by atoms with Crippen molar-refractivity contribution in [2.45, 2.75) is 39.0 Å². The minimum absolute atomic E-state index is 0.105. The van der Waals surface area contributed by atoms with Crippen molar-refractivity contribution < 1.29 is 14.3 Å². The molecule has 4 heteroatoms. The third kappa shape index (κ3) is 3.83. The van der Waals surface area contributed by atoms with Crippen LogP contribution in [0.2, 0.25) is 0 Å². The van der Waals surface area contributed by atoms with Gasteiger partial charge in [0.05, 0.1) is 13.0 Å². The summed E-state index contributed by atoms with van der Waals surface area (Å²) in [5, 5.41) is 0. The van der Waals surface area contributed by atoms with Crippen LogP contribution in [-0.4, -0.2) is 18.5 Å². The van der Waals surface area contributed by atoms with Gasteiger partial charge in [-0.2, -0.15) is 0 Å². The van der Waals surface area contributed by atoms with Crippen molar-refractivity contribution in [1.82, 2.24) is 0 Å². The molecule has 1 amide bonds.